The van der Waals surface area contributed by atoms with Crippen LogP contribution in [0.15, 0.2) is 36.8 Å². The number of nitrogens with zero attached hydrogens (tertiary/aromatic N) is 5. The SMILES string of the molecule is Cc1nn(CC(C)C)c(C)c1CCC(=O)Nc1ccc(-n2cccn2)nc1. The van der Waals surface area contributed by atoms with E-state index in [0.717, 1.165) is 23.5 Å². The molecule has 0 aliphatic rings. The van der Waals surface area contributed by atoms with E-state index in [1.165, 1.54) is 0 Å². The normalized spacial score (nSPS) is 11.1. The first kappa shape index (κ1) is 18.8. The molecule has 3 heterocycles. The molecule has 1 amide bonds. The second-order valence-electron chi connectivity index (χ2n) is 7.13. The maximum atomic E-state index is 12.3. The lowest BCUT2D eigenvalue weighted by atomic mass is 10.1. The number of hydrogen-bond acceptors (Lipinski definition) is 4. The summed E-state index contributed by atoms with van der Waals surface area (Å²) >= 11 is 0. The Morgan fingerprint density at radius 1 is 1.26 bits per heavy atom. The third-order valence-corrected chi connectivity index (χ3v) is 4.44. The van der Waals surface area contributed by atoms with Gasteiger partial charge in [-0.1, -0.05) is 13.8 Å². The van der Waals surface area contributed by atoms with Crippen molar-refractivity contribution in [3.8, 4) is 5.82 Å². The maximum Gasteiger partial charge on any atom is 0.224 e. The summed E-state index contributed by atoms with van der Waals surface area (Å²) < 4.78 is 3.72. The fourth-order valence-electron chi connectivity index (χ4n) is 3.08. The van der Waals surface area contributed by atoms with Crippen molar-refractivity contribution in [1.82, 2.24) is 24.5 Å². The van der Waals surface area contributed by atoms with Gasteiger partial charge < -0.3 is 5.32 Å². The summed E-state index contributed by atoms with van der Waals surface area (Å²) in [5.41, 5.74) is 4.00. The van der Waals surface area contributed by atoms with Crippen LogP contribution in [-0.4, -0.2) is 30.5 Å². The second kappa shape index (κ2) is 8.16. The Bertz CT molecular complexity index is 893. The molecule has 0 aliphatic carbocycles. The zero-order chi connectivity index (χ0) is 19.4. The topological polar surface area (TPSA) is 77.6 Å². The van der Waals surface area contributed by atoms with Gasteiger partial charge in [0.25, 0.3) is 0 Å². The highest BCUT2D eigenvalue weighted by Gasteiger charge is 2.14. The van der Waals surface area contributed by atoms with Crippen LogP contribution in [0.25, 0.3) is 5.82 Å². The number of amides is 1. The van der Waals surface area contributed by atoms with Gasteiger partial charge in [0.15, 0.2) is 5.82 Å². The molecule has 3 aromatic heterocycles. The van der Waals surface area contributed by atoms with Crippen LogP contribution in [0.5, 0.6) is 0 Å². The van der Waals surface area contributed by atoms with Crippen molar-refractivity contribution in [2.75, 3.05) is 5.32 Å². The highest BCUT2D eigenvalue weighted by atomic mass is 16.1. The fraction of sp³-hybridized carbons (Fsp3) is 0.400. The molecular formula is C20H26N6O. The van der Waals surface area contributed by atoms with E-state index in [1.54, 1.807) is 17.1 Å². The third kappa shape index (κ3) is 4.61. The Morgan fingerprint density at radius 2 is 2.07 bits per heavy atom. The van der Waals surface area contributed by atoms with Gasteiger partial charge in [0.2, 0.25) is 5.91 Å². The van der Waals surface area contributed by atoms with Gasteiger partial charge in [0.1, 0.15) is 0 Å². The average Bonchev–Trinajstić information content (AvgIpc) is 3.23. The number of aromatic nitrogens is 5. The van der Waals surface area contributed by atoms with Crippen LogP contribution in [-0.2, 0) is 17.8 Å². The molecule has 7 nitrogen and oxygen atoms in total. The monoisotopic (exact) mass is 366 g/mol. The average molecular weight is 366 g/mol. The van der Waals surface area contributed by atoms with Crippen molar-refractivity contribution < 1.29 is 4.79 Å². The van der Waals surface area contributed by atoms with Crippen LogP contribution in [0, 0.1) is 19.8 Å². The fourth-order valence-corrected chi connectivity index (χ4v) is 3.08. The van der Waals surface area contributed by atoms with Crippen LogP contribution in [0.1, 0.15) is 37.2 Å². The summed E-state index contributed by atoms with van der Waals surface area (Å²) in [5.74, 6) is 1.22. The number of rotatable bonds is 7. The van der Waals surface area contributed by atoms with E-state index < -0.39 is 0 Å². The first-order valence-electron chi connectivity index (χ1n) is 9.23. The van der Waals surface area contributed by atoms with Gasteiger partial charge in [-0.15, -0.1) is 0 Å². The summed E-state index contributed by atoms with van der Waals surface area (Å²) in [5, 5.41) is 11.7. The van der Waals surface area contributed by atoms with Gasteiger partial charge >= 0.3 is 0 Å². The van der Waals surface area contributed by atoms with E-state index in [2.05, 4.69) is 41.3 Å². The predicted octanol–water partition coefficient (Wildman–Crippen LogP) is 3.31. The summed E-state index contributed by atoms with van der Waals surface area (Å²) in [4.78, 5) is 16.6. The van der Waals surface area contributed by atoms with Gasteiger partial charge in [0, 0.05) is 31.1 Å². The largest absolute Gasteiger partial charge is 0.325 e. The van der Waals surface area contributed by atoms with Gasteiger partial charge in [-0.25, -0.2) is 9.67 Å². The van der Waals surface area contributed by atoms with Gasteiger partial charge in [-0.3, -0.25) is 9.48 Å². The zero-order valence-corrected chi connectivity index (χ0v) is 16.3. The van der Waals surface area contributed by atoms with Crippen molar-refractivity contribution >= 4 is 11.6 Å². The minimum Gasteiger partial charge on any atom is -0.325 e. The van der Waals surface area contributed by atoms with E-state index in [-0.39, 0.29) is 5.91 Å². The highest BCUT2D eigenvalue weighted by Crippen LogP contribution is 2.17. The molecule has 3 rings (SSSR count). The van der Waals surface area contributed by atoms with E-state index >= 15 is 0 Å². The molecule has 7 heteroatoms. The number of hydrogen-bond donors (Lipinski definition) is 1. The number of carbonyl (C=O) groups is 1. The first-order chi connectivity index (χ1) is 12.9. The minimum absolute atomic E-state index is 0.0287. The Balaban J connectivity index is 1.58. The molecule has 27 heavy (non-hydrogen) atoms. The molecule has 1 N–H and O–H groups in total. The van der Waals surface area contributed by atoms with Crippen LogP contribution in [0.4, 0.5) is 5.69 Å². The summed E-state index contributed by atoms with van der Waals surface area (Å²) in [6.07, 6.45) is 6.26. The van der Waals surface area contributed by atoms with Crippen molar-refractivity contribution in [1.29, 1.82) is 0 Å². The molecule has 0 atom stereocenters. The van der Waals surface area contributed by atoms with Gasteiger partial charge in [-0.2, -0.15) is 10.2 Å². The standard InChI is InChI=1S/C20H26N6O/c1-14(2)13-26-16(4)18(15(3)24-26)7-9-20(27)23-17-6-8-19(21-12-17)25-11-5-10-22-25/h5-6,8,10-12,14H,7,9,13H2,1-4H3,(H,23,27). The van der Waals surface area contributed by atoms with Crippen molar-refractivity contribution in [2.24, 2.45) is 5.92 Å². The van der Waals surface area contributed by atoms with Crippen LogP contribution < -0.4 is 5.32 Å². The minimum atomic E-state index is -0.0287. The second-order valence-corrected chi connectivity index (χ2v) is 7.13. The molecule has 0 radical (unpaired) electrons. The Morgan fingerprint density at radius 3 is 2.70 bits per heavy atom. The predicted molar refractivity (Wildman–Crippen MR) is 105 cm³/mol. The number of carbonyl (C=O) groups excluding carboxylic acids is 1. The maximum absolute atomic E-state index is 12.3. The molecule has 0 unspecified atom stereocenters. The molecule has 0 saturated carbocycles. The van der Waals surface area contributed by atoms with Gasteiger partial charge in [0.05, 0.1) is 17.6 Å². The van der Waals surface area contributed by atoms with Crippen molar-refractivity contribution in [2.45, 2.75) is 47.1 Å². The first-order valence-corrected chi connectivity index (χ1v) is 9.23. The molecule has 0 aromatic carbocycles. The van der Waals surface area contributed by atoms with E-state index in [1.807, 2.05) is 36.0 Å². The molecule has 0 bridgehead atoms. The Labute approximate surface area is 159 Å². The summed E-state index contributed by atoms with van der Waals surface area (Å²) in [6, 6.07) is 5.50. The van der Waals surface area contributed by atoms with Crippen LogP contribution in [0.3, 0.4) is 0 Å². The number of anilines is 1. The van der Waals surface area contributed by atoms with E-state index in [9.17, 15) is 4.79 Å². The molecule has 142 valence electrons. The number of aryl methyl sites for hydroxylation is 1. The third-order valence-electron chi connectivity index (χ3n) is 4.44. The lowest BCUT2D eigenvalue weighted by molar-refractivity contribution is -0.116. The molecule has 3 aromatic rings. The van der Waals surface area contributed by atoms with E-state index in [4.69, 9.17) is 0 Å². The van der Waals surface area contributed by atoms with Crippen molar-refractivity contribution in [3.63, 3.8) is 0 Å². The van der Waals surface area contributed by atoms with Crippen molar-refractivity contribution in [3.05, 3.63) is 53.7 Å². The smallest absolute Gasteiger partial charge is 0.224 e. The quantitative estimate of drug-likeness (QED) is 0.696. The summed E-state index contributed by atoms with van der Waals surface area (Å²) in [7, 11) is 0. The van der Waals surface area contributed by atoms with Crippen LogP contribution >= 0.6 is 0 Å². The number of nitrogens with one attached hydrogen (secondary N) is 1. The highest BCUT2D eigenvalue weighted by molar-refractivity contribution is 5.90. The molecule has 0 spiro atoms. The number of pyridine rings is 1. The molecular weight excluding hydrogens is 340 g/mol. The summed E-state index contributed by atoms with van der Waals surface area (Å²) in [6.45, 7) is 9.33. The van der Waals surface area contributed by atoms with E-state index in [0.29, 0.717) is 30.3 Å². The molecule has 0 aliphatic heterocycles. The van der Waals surface area contributed by atoms with Crippen LogP contribution in [0.2, 0.25) is 0 Å². The zero-order valence-electron chi connectivity index (χ0n) is 16.3. The Kier molecular flexibility index (Phi) is 5.69. The molecule has 0 saturated heterocycles. The van der Waals surface area contributed by atoms with Gasteiger partial charge in [-0.05, 0) is 49.9 Å². The Hall–Kier alpha value is -2.96. The molecule has 0 fully saturated rings. The lowest BCUT2D eigenvalue weighted by Gasteiger charge is -2.08. The lowest BCUT2D eigenvalue weighted by Crippen LogP contribution is -2.13.